The van der Waals surface area contributed by atoms with Gasteiger partial charge in [0.15, 0.2) is 6.61 Å². The number of esters is 1. The van der Waals surface area contributed by atoms with Crippen molar-refractivity contribution in [3.05, 3.63) is 12.7 Å². The van der Waals surface area contributed by atoms with Crippen LogP contribution in [0.15, 0.2) is 12.7 Å². The maximum Gasteiger partial charge on any atom is 0.422 e. The Labute approximate surface area is 89.7 Å². The van der Waals surface area contributed by atoms with Crippen molar-refractivity contribution in [2.75, 3.05) is 6.61 Å². The van der Waals surface area contributed by atoms with Crippen LogP contribution in [0.4, 0.5) is 13.2 Å². The van der Waals surface area contributed by atoms with Crippen molar-refractivity contribution in [1.29, 1.82) is 0 Å². The predicted octanol–water partition coefficient (Wildman–Crippen LogP) is 1.76. The lowest BCUT2D eigenvalue weighted by molar-refractivity contribution is -0.187. The number of alkyl halides is 3. The van der Waals surface area contributed by atoms with Crippen LogP contribution in [0.3, 0.4) is 0 Å². The number of carboxylic acids is 1. The summed E-state index contributed by atoms with van der Waals surface area (Å²) in [4.78, 5) is 21.4. The fourth-order valence-corrected chi connectivity index (χ4v) is 0.895. The first-order valence-electron chi connectivity index (χ1n) is 4.32. The first-order chi connectivity index (χ1) is 7.26. The average Bonchev–Trinajstić information content (AvgIpc) is 2.13. The van der Waals surface area contributed by atoms with Crippen LogP contribution in [-0.4, -0.2) is 29.8 Å². The third kappa shape index (κ3) is 6.86. The topological polar surface area (TPSA) is 63.6 Å². The van der Waals surface area contributed by atoms with E-state index in [1.54, 1.807) is 0 Å². The van der Waals surface area contributed by atoms with Gasteiger partial charge in [-0.05, 0) is 6.42 Å². The minimum absolute atomic E-state index is 0.00352. The molecule has 0 unspecified atom stereocenters. The first-order valence-corrected chi connectivity index (χ1v) is 4.32. The lowest BCUT2D eigenvalue weighted by Gasteiger charge is -2.11. The van der Waals surface area contributed by atoms with Gasteiger partial charge in [-0.3, -0.25) is 9.59 Å². The molecule has 0 saturated carbocycles. The van der Waals surface area contributed by atoms with Gasteiger partial charge in [0.2, 0.25) is 0 Å². The van der Waals surface area contributed by atoms with Crippen molar-refractivity contribution in [2.24, 2.45) is 5.92 Å². The van der Waals surface area contributed by atoms with E-state index in [4.69, 9.17) is 5.11 Å². The van der Waals surface area contributed by atoms with Crippen LogP contribution in [0.25, 0.3) is 0 Å². The molecule has 1 atom stereocenters. The molecule has 0 aromatic rings. The summed E-state index contributed by atoms with van der Waals surface area (Å²) in [5.41, 5.74) is 0. The van der Waals surface area contributed by atoms with Gasteiger partial charge in [-0.15, -0.1) is 6.58 Å². The minimum Gasteiger partial charge on any atom is -0.481 e. The minimum atomic E-state index is -4.60. The van der Waals surface area contributed by atoms with Gasteiger partial charge >= 0.3 is 18.1 Å². The van der Waals surface area contributed by atoms with Gasteiger partial charge in [0.05, 0.1) is 12.3 Å². The zero-order valence-corrected chi connectivity index (χ0v) is 8.29. The van der Waals surface area contributed by atoms with Crippen LogP contribution in [-0.2, 0) is 14.3 Å². The van der Waals surface area contributed by atoms with Crippen molar-refractivity contribution in [3.8, 4) is 0 Å². The number of rotatable bonds is 6. The smallest absolute Gasteiger partial charge is 0.422 e. The Hall–Kier alpha value is -1.53. The Balaban J connectivity index is 4.10. The molecule has 0 radical (unpaired) electrons. The van der Waals surface area contributed by atoms with Crippen molar-refractivity contribution in [1.82, 2.24) is 0 Å². The summed E-state index contributed by atoms with van der Waals surface area (Å²) < 4.78 is 38.8. The molecule has 0 heterocycles. The molecule has 0 bridgehead atoms. The van der Waals surface area contributed by atoms with E-state index in [-0.39, 0.29) is 6.42 Å². The molecule has 0 aliphatic heterocycles. The van der Waals surface area contributed by atoms with Crippen LogP contribution >= 0.6 is 0 Å². The van der Waals surface area contributed by atoms with Crippen LogP contribution in [0.2, 0.25) is 0 Å². The number of carbonyl (C=O) groups excluding carboxylic acids is 1. The van der Waals surface area contributed by atoms with Gasteiger partial charge in [0.25, 0.3) is 0 Å². The monoisotopic (exact) mass is 240 g/mol. The van der Waals surface area contributed by atoms with Gasteiger partial charge in [0, 0.05) is 0 Å². The van der Waals surface area contributed by atoms with Gasteiger partial charge in [-0.1, -0.05) is 6.08 Å². The first kappa shape index (κ1) is 14.5. The number of allylic oxidation sites excluding steroid dienone is 1. The maximum atomic E-state index is 11.7. The Morgan fingerprint density at radius 1 is 1.44 bits per heavy atom. The van der Waals surface area contributed by atoms with Gasteiger partial charge in [-0.25, -0.2) is 0 Å². The number of hydrogen-bond acceptors (Lipinski definition) is 3. The predicted molar refractivity (Wildman–Crippen MR) is 47.6 cm³/mol. The normalized spacial score (nSPS) is 12.9. The largest absolute Gasteiger partial charge is 0.481 e. The molecule has 1 N–H and O–H groups in total. The van der Waals surface area contributed by atoms with Gasteiger partial charge < -0.3 is 9.84 Å². The zero-order chi connectivity index (χ0) is 12.8. The molecule has 0 aromatic carbocycles. The molecule has 0 rings (SSSR count). The Morgan fingerprint density at radius 2 is 2.00 bits per heavy atom. The molecular formula is C9H11F3O4. The lowest BCUT2D eigenvalue weighted by atomic mass is 10.0. The van der Waals surface area contributed by atoms with Crippen molar-refractivity contribution in [3.63, 3.8) is 0 Å². The summed E-state index contributed by atoms with van der Waals surface area (Å²) in [6, 6.07) is 0. The highest BCUT2D eigenvalue weighted by atomic mass is 19.4. The number of halogens is 3. The number of ether oxygens (including phenoxy) is 1. The van der Waals surface area contributed by atoms with E-state index in [0.29, 0.717) is 0 Å². The Kier molecular flexibility index (Phi) is 5.55. The SMILES string of the molecule is C=CC[C@H](CC(=O)OCC(F)(F)F)C(=O)O. The van der Waals surface area contributed by atoms with Crippen molar-refractivity contribution < 1.29 is 32.6 Å². The lowest BCUT2D eigenvalue weighted by Crippen LogP contribution is -2.24. The Morgan fingerprint density at radius 3 is 2.38 bits per heavy atom. The number of hydrogen-bond donors (Lipinski definition) is 1. The van der Waals surface area contributed by atoms with Crippen LogP contribution in [0, 0.1) is 5.92 Å². The summed E-state index contributed by atoms with van der Waals surface area (Å²) in [7, 11) is 0. The van der Waals surface area contributed by atoms with E-state index >= 15 is 0 Å². The van der Waals surface area contributed by atoms with Crippen LogP contribution < -0.4 is 0 Å². The second kappa shape index (κ2) is 6.14. The van der Waals surface area contributed by atoms with E-state index < -0.39 is 37.1 Å². The van der Waals surface area contributed by atoms with Crippen molar-refractivity contribution >= 4 is 11.9 Å². The quantitative estimate of drug-likeness (QED) is 0.567. The molecule has 0 aliphatic rings. The molecule has 0 aliphatic carbocycles. The van der Waals surface area contributed by atoms with E-state index in [2.05, 4.69) is 11.3 Å². The molecule has 0 amide bonds. The molecule has 4 nitrogen and oxygen atoms in total. The molecule has 92 valence electrons. The molecule has 0 aromatic heterocycles. The van der Waals surface area contributed by atoms with E-state index in [1.807, 2.05) is 0 Å². The zero-order valence-electron chi connectivity index (χ0n) is 8.29. The summed E-state index contributed by atoms with van der Waals surface area (Å²) in [5, 5.41) is 8.60. The van der Waals surface area contributed by atoms with E-state index in [0.717, 1.165) is 0 Å². The second-order valence-electron chi connectivity index (χ2n) is 3.04. The summed E-state index contributed by atoms with van der Waals surface area (Å²) in [6.45, 7) is 1.58. The highest BCUT2D eigenvalue weighted by Crippen LogP contribution is 2.16. The average molecular weight is 240 g/mol. The maximum absolute atomic E-state index is 11.7. The van der Waals surface area contributed by atoms with Crippen LogP contribution in [0.5, 0.6) is 0 Å². The van der Waals surface area contributed by atoms with E-state index in [9.17, 15) is 22.8 Å². The summed E-state index contributed by atoms with van der Waals surface area (Å²) in [5.74, 6) is -3.56. The molecule has 0 spiro atoms. The molecule has 0 saturated heterocycles. The summed E-state index contributed by atoms with van der Waals surface area (Å²) in [6.07, 6.45) is -3.93. The fourth-order valence-electron chi connectivity index (χ4n) is 0.895. The van der Waals surface area contributed by atoms with Crippen molar-refractivity contribution in [2.45, 2.75) is 19.0 Å². The van der Waals surface area contributed by atoms with E-state index in [1.165, 1.54) is 6.08 Å². The molecule has 0 fully saturated rings. The van der Waals surface area contributed by atoms with Gasteiger partial charge in [-0.2, -0.15) is 13.2 Å². The number of aliphatic carboxylic acids is 1. The number of carboxylic acid groups (broad SMARTS) is 1. The van der Waals surface area contributed by atoms with Crippen LogP contribution in [0.1, 0.15) is 12.8 Å². The molecule has 7 heteroatoms. The standard InChI is InChI=1S/C9H11F3O4/c1-2-3-6(8(14)15)4-7(13)16-5-9(10,11)12/h2,6H,1,3-5H2,(H,14,15)/t6-/m1/s1. The summed E-state index contributed by atoms with van der Waals surface area (Å²) >= 11 is 0. The second-order valence-corrected chi connectivity index (χ2v) is 3.04. The molecule has 16 heavy (non-hydrogen) atoms. The third-order valence-electron chi connectivity index (χ3n) is 1.61. The highest BCUT2D eigenvalue weighted by molar-refractivity contribution is 5.78. The highest BCUT2D eigenvalue weighted by Gasteiger charge is 2.30. The fraction of sp³-hybridized carbons (Fsp3) is 0.556. The Bertz CT molecular complexity index is 272. The van der Waals surface area contributed by atoms with Gasteiger partial charge in [0.1, 0.15) is 0 Å². The number of carbonyl (C=O) groups is 2. The molecular weight excluding hydrogens is 229 g/mol. The third-order valence-corrected chi connectivity index (χ3v) is 1.61.